The van der Waals surface area contributed by atoms with Gasteiger partial charge in [0.25, 0.3) is 0 Å². The van der Waals surface area contributed by atoms with Gasteiger partial charge in [-0.25, -0.2) is 0 Å². The standard InChI is InChI=1S/C14H10F3NOS2/c15-14(16,17)10-1-3-18-6-9(10)13(19)12-5-8-7-20-4-2-11(8)21-12/h1,3,5-6H,2,4,7H2. The quantitative estimate of drug-likeness (QED) is 0.774. The summed E-state index contributed by atoms with van der Waals surface area (Å²) in [5, 5.41) is 0. The molecule has 1 aliphatic heterocycles. The molecule has 21 heavy (non-hydrogen) atoms. The van der Waals surface area contributed by atoms with Crippen molar-refractivity contribution in [2.75, 3.05) is 5.75 Å². The Balaban J connectivity index is 2.01. The molecule has 3 heterocycles. The molecular formula is C14H10F3NOS2. The number of thiophene rings is 1. The van der Waals surface area contributed by atoms with Gasteiger partial charge >= 0.3 is 6.18 Å². The summed E-state index contributed by atoms with van der Waals surface area (Å²) in [5.41, 5.74) is -0.239. The largest absolute Gasteiger partial charge is 0.417 e. The van der Waals surface area contributed by atoms with Crippen LogP contribution in [0.2, 0.25) is 0 Å². The maximum atomic E-state index is 13.0. The Morgan fingerprint density at radius 3 is 2.86 bits per heavy atom. The first-order valence-corrected chi connectivity index (χ1v) is 8.19. The van der Waals surface area contributed by atoms with Crippen LogP contribution in [0.15, 0.2) is 24.5 Å². The molecule has 7 heteroatoms. The van der Waals surface area contributed by atoms with Gasteiger partial charge in [-0.15, -0.1) is 11.3 Å². The Labute approximate surface area is 127 Å². The molecule has 1 aliphatic rings. The summed E-state index contributed by atoms with van der Waals surface area (Å²) in [6.45, 7) is 0. The van der Waals surface area contributed by atoms with Crippen LogP contribution in [-0.4, -0.2) is 16.5 Å². The predicted molar refractivity (Wildman–Crippen MR) is 76.9 cm³/mol. The number of halogens is 3. The van der Waals surface area contributed by atoms with Crippen molar-refractivity contribution in [1.82, 2.24) is 4.98 Å². The summed E-state index contributed by atoms with van der Waals surface area (Å²) in [5.74, 6) is 1.21. The van der Waals surface area contributed by atoms with Crippen LogP contribution in [0, 0.1) is 0 Å². The normalized spacial score (nSPS) is 14.8. The molecule has 0 atom stereocenters. The second-order valence-electron chi connectivity index (χ2n) is 4.61. The van der Waals surface area contributed by atoms with E-state index in [-0.39, 0.29) is 5.56 Å². The molecule has 2 nitrogen and oxygen atoms in total. The number of alkyl halides is 3. The number of hydrogen-bond donors (Lipinski definition) is 0. The Hall–Kier alpha value is -1.34. The van der Waals surface area contributed by atoms with Crippen LogP contribution in [0.25, 0.3) is 0 Å². The molecule has 110 valence electrons. The molecule has 0 fully saturated rings. The molecule has 2 aromatic heterocycles. The number of nitrogens with zero attached hydrogens (tertiary/aromatic N) is 1. The first-order valence-electron chi connectivity index (χ1n) is 6.22. The van der Waals surface area contributed by atoms with Gasteiger partial charge in [0.1, 0.15) is 0 Å². The monoisotopic (exact) mass is 329 g/mol. The number of carbonyl (C=O) groups excluding carboxylic acids is 1. The van der Waals surface area contributed by atoms with Crippen molar-refractivity contribution in [3.05, 3.63) is 51.0 Å². The number of hydrogen-bond acceptors (Lipinski definition) is 4. The highest BCUT2D eigenvalue weighted by Gasteiger charge is 2.35. The molecule has 2 aromatic rings. The average molecular weight is 329 g/mol. The minimum absolute atomic E-state index is 0.362. The van der Waals surface area contributed by atoms with Crippen LogP contribution >= 0.6 is 23.1 Å². The van der Waals surface area contributed by atoms with E-state index in [1.807, 2.05) is 0 Å². The molecular weight excluding hydrogens is 319 g/mol. The molecule has 0 saturated heterocycles. The van der Waals surface area contributed by atoms with Gasteiger partial charge in [-0.2, -0.15) is 24.9 Å². The Morgan fingerprint density at radius 2 is 2.14 bits per heavy atom. The number of pyridine rings is 1. The van der Waals surface area contributed by atoms with Crippen molar-refractivity contribution in [1.29, 1.82) is 0 Å². The number of carbonyl (C=O) groups is 1. The number of ketones is 1. The maximum absolute atomic E-state index is 13.0. The summed E-state index contributed by atoms with van der Waals surface area (Å²) in [6.07, 6.45) is -1.63. The lowest BCUT2D eigenvalue weighted by atomic mass is 10.0. The topological polar surface area (TPSA) is 30.0 Å². The molecule has 0 amide bonds. The lowest BCUT2D eigenvalue weighted by molar-refractivity contribution is -0.137. The molecule has 0 bridgehead atoms. The Morgan fingerprint density at radius 1 is 1.33 bits per heavy atom. The van der Waals surface area contributed by atoms with Gasteiger partial charge in [0, 0.05) is 23.0 Å². The zero-order chi connectivity index (χ0) is 15.0. The zero-order valence-electron chi connectivity index (χ0n) is 10.7. The fourth-order valence-electron chi connectivity index (χ4n) is 2.21. The summed E-state index contributed by atoms with van der Waals surface area (Å²) >= 11 is 3.07. The smallest absolute Gasteiger partial charge is 0.288 e. The minimum Gasteiger partial charge on any atom is -0.288 e. The number of rotatable bonds is 2. The Kier molecular flexibility index (Phi) is 3.79. The van der Waals surface area contributed by atoms with Gasteiger partial charge in [-0.05, 0) is 29.9 Å². The number of fused-ring (bicyclic) bond motifs is 1. The van der Waals surface area contributed by atoms with Crippen molar-refractivity contribution in [2.24, 2.45) is 0 Å². The molecule has 0 radical (unpaired) electrons. The first-order chi connectivity index (χ1) is 9.97. The molecule has 0 saturated carbocycles. The fraction of sp³-hybridized carbons (Fsp3) is 0.286. The summed E-state index contributed by atoms with van der Waals surface area (Å²) in [7, 11) is 0. The van der Waals surface area contributed by atoms with Crippen molar-refractivity contribution in [3.63, 3.8) is 0 Å². The van der Waals surface area contributed by atoms with Gasteiger partial charge in [0.05, 0.1) is 16.0 Å². The predicted octanol–water partition coefficient (Wildman–Crippen LogP) is 4.18. The fourth-order valence-corrected chi connectivity index (χ4v) is 4.54. The molecule has 0 aliphatic carbocycles. The van der Waals surface area contributed by atoms with Crippen molar-refractivity contribution in [3.8, 4) is 0 Å². The number of aromatic nitrogens is 1. The minimum atomic E-state index is -4.55. The van der Waals surface area contributed by atoms with Crippen LogP contribution in [0.1, 0.15) is 31.2 Å². The second-order valence-corrected chi connectivity index (χ2v) is 6.85. The van der Waals surface area contributed by atoms with E-state index in [1.54, 1.807) is 17.8 Å². The highest BCUT2D eigenvalue weighted by atomic mass is 32.2. The molecule has 0 unspecified atom stereocenters. The van der Waals surface area contributed by atoms with Crippen LogP contribution < -0.4 is 0 Å². The highest BCUT2D eigenvalue weighted by Crippen LogP contribution is 2.36. The number of thioether (sulfide) groups is 1. The molecule has 0 spiro atoms. The van der Waals surface area contributed by atoms with Crippen LogP contribution in [0.4, 0.5) is 13.2 Å². The lowest BCUT2D eigenvalue weighted by Crippen LogP contribution is -2.13. The zero-order valence-corrected chi connectivity index (χ0v) is 12.4. The van der Waals surface area contributed by atoms with E-state index in [4.69, 9.17) is 0 Å². The van der Waals surface area contributed by atoms with E-state index in [0.29, 0.717) is 4.88 Å². The third-order valence-corrected chi connectivity index (χ3v) is 5.47. The van der Waals surface area contributed by atoms with Crippen molar-refractivity contribution in [2.45, 2.75) is 18.3 Å². The Bertz CT molecular complexity index is 670. The van der Waals surface area contributed by atoms with E-state index >= 15 is 0 Å². The lowest BCUT2D eigenvalue weighted by Gasteiger charge is -2.10. The summed E-state index contributed by atoms with van der Waals surface area (Å²) in [6, 6.07) is 2.57. The maximum Gasteiger partial charge on any atom is 0.417 e. The third-order valence-electron chi connectivity index (χ3n) is 3.22. The van der Waals surface area contributed by atoms with Gasteiger partial charge in [-0.1, -0.05) is 0 Å². The van der Waals surface area contributed by atoms with E-state index in [9.17, 15) is 18.0 Å². The molecule has 3 rings (SSSR count). The van der Waals surface area contributed by atoms with Gasteiger partial charge in [0.15, 0.2) is 0 Å². The first kappa shape index (κ1) is 14.6. The van der Waals surface area contributed by atoms with Gasteiger partial charge in [0.2, 0.25) is 5.78 Å². The van der Waals surface area contributed by atoms with Gasteiger partial charge in [-0.3, -0.25) is 9.78 Å². The highest BCUT2D eigenvalue weighted by molar-refractivity contribution is 7.98. The van der Waals surface area contributed by atoms with Crippen molar-refractivity contribution >= 4 is 28.9 Å². The van der Waals surface area contributed by atoms with E-state index < -0.39 is 17.5 Å². The van der Waals surface area contributed by atoms with E-state index in [1.165, 1.54) is 11.3 Å². The molecule has 0 N–H and O–H groups in total. The second kappa shape index (κ2) is 5.46. The van der Waals surface area contributed by atoms with Crippen LogP contribution in [0.5, 0.6) is 0 Å². The van der Waals surface area contributed by atoms with Crippen molar-refractivity contribution < 1.29 is 18.0 Å². The summed E-state index contributed by atoms with van der Waals surface area (Å²) < 4.78 is 38.9. The third kappa shape index (κ3) is 2.85. The SMILES string of the molecule is O=C(c1cc2c(s1)CCSC2)c1cnccc1C(F)(F)F. The van der Waals surface area contributed by atoms with Crippen LogP contribution in [-0.2, 0) is 18.3 Å². The van der Waals surface area contributed by atoms with Gasteiger partial charge < -0.3 is 0 Å². The summed E-state index contributed by atoms with van der Waals surface area (Å²) in [4.78, 5) is 17.5. The van der Waals surface area contributed by atoms with Crippen LogP contribution in [0.3, 0.4) is 0 Å². The van der Waals surface area contributed by atoms with E-state index in [2.05, 4.69) is 4.98 Å². The number of aryl methyl sites for hydroxylation is 1. The van der Waals surface area contributed by atoms with E-state index in [0.717, 1.165) is 46.8 Å². The average Bonchev–Trinajstić information content (AvgIpc) is 2.89. The molecule has 0 aromatic carbocycles.